The zero-order valence-corrected chi connectivity index (χ0v) is 16.4. The largest absolute Gasteiger partial charge is 0.478 e. The first-order valence-corrected chi connectivity index (χ1v) is 8.63. The van der Waals surface area contributed by atoms with Gasteiger partial charge in [-0.15, -0.1) is 0 Å². The number of carboxylic acid groups (broad SMARTS) is 1. The van der Waals surface area contributed by atoms with E-state index in [-0.39, 0.29) is 21.3 Å². The molecule has 2 aromatic carbocycles. The second kappa shape index (κ2) is 7.64. The number of carbonyl (C=O) groups excluding carboxylic acids is 1. The van der Waals surface area contributed by atoms with Gasteiger partial charge in [0.05, 0.1) is 21.3 Å². The first-order chi connectivity index (χ1) is 11.6. The van der Waals surface area contributed by atoms with Gasteiger partial charge in [-0.3, -0.25) is 4.79 Å². The van der Waals surface area contributed by atoms with Crippen LogP contribution in [-0.2, 0) is 4.79 Å². The van der Waals surface area contributed by atoms with Crippen molar-refractivity contribution >= 4 is 56.7 Å². The summed E-state index contributed by atoms with van der Waals surface area (Å²) in [6.07, 6.45) is 0. The van der Waals surface area contributed by atoms with Crippen LogP contribution in [0, 0.1) is 0 Å². The molecule has 0 bridgehead atoms. The van der Waals surface area contributed by atoms with Gasteiger partial charge in [-0.05, 0) is 50.2 Å². The first kappa shape index (κ1) is 19.6. The number of hydrogen-bond donors (Lipinski definition) is 2. The van der Waals surface area contributed by atoms with Crippen molar-refractivity contribution in [1.82, 2.24) is 0 Å². The van der Waals surface area contributed by atoms with Gasteiger partial charge >= 0.3 is 5.97 Å². The number of benzene rings is 2. The van der Waals surface area contributed by atoms with Crippen molar-refractivity contribution in [2.45, 2.75) is 19.4 Å². The van der Waals surface area contributed by atoms with Crippen molar-refractivity contribution in [1.29, 1.82) is 0 Å². The highest BCUT2D eigenvalue weighted by Crippen LogP contribution is 2.30. The third-order valence-corrected chi connectivity index (χ3v) is 4.42. The number of hydrogen-bond acceptors (Lipinski definition) is 3. The lowest BCUT2D eigenvalue weighted by Crippen LogP contribution is -2.42. The Bertz CT molecular complexity index is 822. The summed E-state index contributed by atoms with van der Waals surface area (Å²) in [6.45, 7) is 3.18. The second-order valence-electron chi connectivity index (χ2n) is 5.64. The number of carboxylic acids is 1. The molecule has 1 amide bonds. The van der Waals surface area contributed by atoms with E-state index in [1.165, 1.54) is 12.1 Å². The molecule has 0 fully saturated rings. The van der Waals surface area contributed by atoms with Crippen LogP contribution in [0.25, 0.3) is 0 Å². The summed E-state index contributed by atoms with van der Waals surface area (Å²) in [7, 11) is 0. The molecule has 2 aromatic rings. The molecule has 0 aliphatic carbocycles. The number of aromatic carboxylic acids is 1. The van der Waals surface area contributed by atoms with Gasteiger partial charge in [0.1, 0.15) is 5.75 Å². The SMILES string of the molecule is CC(C)(Oc1ccc(Br)cc1)C(=O)Nc1cc(C(=O)O)c(Cl)cc1Cl. The van der Waals surface area contributed by atoms with Gasteiger partial charge in [-0.25, -0.2) is 4.79 Å². The van der Waals surface area contributed by atoms with Gasteiger partial charge in [0.2, 0.25) is 0 Å². The molecule has 0 unspecified atom stereocenters. The normalized spacial score (nSPS) is 11.1. The lowest BCUT2D eigenvalue weighted by molar-refractivity contribution is -0.128. The summed E-state index contributed by atoms with van der Waals surface area (Å²) < 4.78 is 6.60. The third kappa shape index (κ3) is 4.87. The molecule has 0 aliphatic heterocycles. The van der Waals surface area contributed by atoms with Crippen LogP contribution in [-0.4, -0.2) is 22.6 Å². The van der Waals surface area contributed by atoms with E-state index in [2.05, 4.69) is 21.2 Å². The van der Waals surface area contributed by atoms with Gasteiger partial charge < -0.3 is 15.2 Å². The number of rotatable bonds is 5. The fourth-order valence-electron chi connectivity index (χ4n) is 1.93. The van der Waals surface area contributed by atoms with Crippen LogP contribution < -0.4 is 10.1 Å². The fraction of sp³-hybridized carbons (Fsp3) is 0.176. The van der Waals surface area contributed by atoms with Crippen molar-refractivity contribution in [3.63, 3.8) is 0 Å². The quantitative estimate of drug-likeness (QED) is 0.657. The summed E-state index contributed by atoms with van der Waals surface area (Å²) in [6, 6.07) is 9.50. The van der Waals surface area contributed by atoms with Crippen LogP contribution >= 0.6 is 39.1 Å². The summed E-state index contributed by atoms with van der Waals surface area (Å²) in [5.41, 5.74) is -1.24. The average molecular weight is 447 g/mol. The molecule has 2 rings (SSSR count). The molecule has 25 heavy (non-hydrogen) atoms. The Morgan fingerprint density at radius 2 is 1.72 bits per heavy atom. The van der Waals surface area contributed by atoms with E-state index in [0.717, 1.165) is 4.47 Å². The maximum absolute atomic E-state index is 12.5. The molecule has 5 nitrogen and oxygen atoms in total. The predicted molar refractivity (Wildman–Crippen MR) is 101 cm³/mol. The number of carbonyl (C=O) groups is 2. The monoisotopic (exact) mass is 445 g/mol. The molecule has 0 saturated carbocycles. The number of amides is 1. The zero-order chi connectivity index (χ0) is 18.8. The van der Waals surface area contributed by atoms with Crippen LogP contribution in [0.3, 0.4) is 0 Å². The highest BCUT2D eigenvalue weighted by Gasteiger charge is 2.31. The molecule has 0 aliphatic rings. The van der Waals surface area contributed by atoms with Crippen molar-refractivity contribution in [2.75, 3.05) is 5.32 Å². The van der Waals surface area contributed by atoms with Crippen LogP contribution in [0.15, 0.2) is 40.9 Å². The lowest BCUT2D eigenvalue weighted by atomic mass is 10.1. The summed E-state index contributed by atoms with van der Waals surface area (Å²) in [4.78, 5) is 23.7. The first-order valence-electron chi connectivity index (χ1n) is 7.08. The number of ether oxygens (including phenoxy) is 1. The van der Waals surface area contributed by atoms with Gasteiger partial charge in [-0.2, -0.15) is 0 Å². The van der Waals surface area contributed by atoms with Crippen molar-refractivity contribution in [2.24, 2.45) is 0 Å². The van der Waals surface area contributed by atoms with Gasteiger partial charge in [0.25, 0.3) is 5.91 Å². The highest BCUT2D eigenvalue weighted by molar-refractivity contribution is 9.10. The van der Waals surface area contributed by atoms with Crippen LogP contribution in [0.2, 0.25) is 10.0 Å². The van der Waals surface area contributed by atoms with Crippen LogP contribution in [0.5, 0.6) is 5.75 Å². The van der Waals surface area contributed by atoms with Gasteiger partial charge in [0, 0.05) is 4.47 Å². The minimum absolute atomic E-state index is 0.0131. The van der Waals surface area contributed by atoms with E-state index in [1.54, 1.807) is 38.1 Å². The number of halogens is 3. The van der Waals surface area contributed by atoms with E-state index in [0.29, 0.717) is 5.75 Å². The molecular weight excluding hydrogens is 433 g/mol. The summed E-state index contributed by atoms with van der Waals surface area (Å²) >= 11 is 15.2. The Balaban J connectivity index is 2.21. The Kier molecular flexibility index (Phi) is 5.98. The summed E-state index contributed by atoms with van der Waals surface area (Å²) in [5, 5.41) is 11.8. The van der Waals surface area contributed by atoms with Gasteiger partial charge in [-0.1, -0.05) is 39.1 Å². The van der Waals surface area contributed by atoms with E-state index in [4.69, 9.17) is 33.0 Å². The Morgan fingerprint density at radius 1 is 1.12 bits per heavy atom. The highest BCUT2D eigenvalue weighted by atomic mass is 79.9. The Labute approximate surface area is 163 Å². The van der Waals surface area contributed by atoms with E-state index < -0.39 is 17.5 Å². The Hall–Kier alpha value is -1.76. The number of anilines is 1. The molecule has 132 valence electrons. The third-order valence-electron chi connectivity index (χ3n) is 3.27. The van der Waals surface area contributed by atoms with Crippen LogP contribution in [0.1, 0.15) is 24.2 Å². The zero-order valence-electron chi connectivity index (χ0n) is 13.3. The fourth-order valence-corrected chi connectivity index (χ4v) is 2.70. The van der Waals surface area contributed by atoms with Crippen LogP contribution in [0.4, 0.5) is 5.69 Å². The molecule has 0 aromatic heterocycles. The minimum Gasteiger partial charge on any atom is -0.478 e. The molecular formula is C17H14BrCl2NO4. The number of nitrogens with one attached hydrogen (secondary N) is 1. The Morgan fingerprint density at radius 3 is 2.28 bits per heavy atom. The molecule has 8 heteroatoms. The van der Waals surface area contributed by atoms with E-state index in [1.807, 2.05) is 0 Å². The lowest BCUT2D eigenvalue weighted by Gasteiger charge is -2.25. The summed E-state index contributed by atoms with van der Waals surface area (Å²) in [5.74, 6) is -1.20. The maximum atomic E-state index is 12.5. The predicted octanol–water partition coefficient (Wildman–Crippen LogP) is 5.25. The molecule has 0 heterocycles. The molecule has 0 spiro atoms. The van der Waals surface area contributed by atoms with Crippen molar-refractivity contribution in [3.8, 4) is 5.75 Å². The molecule has 0 atom stereocenters. The minimum atomic E-state index is -1.22. The smallest absolute Gasteiger partial charge is 0.337 e. The van der Waals surface area contributed by atoms with E-state index in [9.17, 15) is 9.59 Å². The standard InChI is InChI=1S/C17H14BrCl2NO4/c1-17(2,25-10-5-3-9(18)4-6-10)16(24)21-14-7-11(15(22)23)12(19)8-13(14)20/h3-8H,1-2H3,(H,21,24)(H,22,23). The van der Waals surface area contributed by atoms with E-state index >= 15 is 0 Å². The van der Waals surface area contributed by atoms with Crippen molar-refractivity contribution in [3.05, 3.63) is 56.5 Å². The second-order valence-corrected chi connectivity index (χ2v) is 7.37. The molecule has 2 N–H and O–H groups in total. The molecule has 0 radical (unpaired) electrons. The van der Waals surface area contributed by atoms with Crippen molar-refractivity contribution < 1.29 is 19.4 Å². The molecule has 0 saturated heterocycles. The van der Waals surface area contributed by atoms with Gasteiger partial charge in [0.15, 0.2) is 5.60 Å². The average Bonchev–Trinajstić information content (AvgIpc) is 2.51. The topological polar surface area (TPSA) is 75.6 Å². The maximum Gasteiger partial charge on any atom is 0.337 e.